The van der Waals surface area contributed by atoms with Gasteiger partial charge in [-0.1, -0.05) is 37.1 Å². The number of halogens is 1. The highest BCUT2D eigenvalue weighted by Crippen LogP contribution is 2.28. The van der Waals surface area contributed by atoms with Crippen LogP contribution in [-0.2, 0) is 0 Å². The molecule has 1 aromatic rings. The predicted octanol–water partition coefficient (Wildman–Crippen LogP) is 4.32. The highest BCUT2D eigenvalue weighted by atomic mass is 35.5. The summed E-state index contributed by atoms with van der Waals surface area (Å²) in [6.07, 6.45) is 5.24. The first-order chi connectivity index (χ1) is 8.29. The Morgan fingerprint density at radius 2 is 1.82 bits per heavy atom. The lowest BCUT2D eigenvalue weighted by Gasteiger charge is -2.32. The Hall–Kier alpha value is -0.530. The van der Waals surface area contributed by atoms with Crippen molar-refractivity contribution in [3.63, 3.8) is 0 Å². The van der Waals surface area contributed by atoms with Gasteiger partial charge in [0.05, 0.1) is 0 Å². The lowest BCUT2D eigenvalue weighted by Crippen LogP contribution is -2.33. The van der Waals surface area contributed by atoms with E-state index in [1.54, 1.807) is 0 Å². The second-order valence-corrected chi connectivity index (χ2v) is 5.46. The van der Waals surface area contributed by atoms with Crippen molar-refractivity contribution in [3.8, 4) is 0 Å². The van der Waals surface area contributed by atoms with Crippen LogP contribution in [0.2, 0.25) is 5.02 Å². The summed E-state index contributed by atoms with van der Waals surface area (Å²) in [5.74, 6) is 0.741. The van der Waals surface area contributed by atoms with Gasteiger partial charge in [0.1, 0.15) is 0 Å². The molecule has 1 saturated heterocycles. The van der Waals surface area contributed by atoms with E-state index in [0.29, 0.717) is 0 Å². The van der Waals surface area contributed by atoms with Crippen LogP contribution in [0.15, 0.2) is 24.3 Å². The summed E-state index contributed by atoms with van der Waals surface area (Å²) in [4.78, 5) is 2.61. The largest absolute Gasteiger partial charge is 0.303 e. The van der Waals surface area contributed by atoms with Crippen LogP contribution in [0.5, 0.6) is 0 Å². The zero-order valence-corrected chi connectivity index (χ0v) is 11.4. The molecule has 0 atom stereocenters. The van der Waals surface area contributed by atoms with Crippen LogP contribution in [0.1, 0.15) is 44.1 Å². The molecule has 0 amide bonds. The number of hydrogen-bond acceptors (Lipinski definition) is 1. The topological polar surface area (TPSA) is 3.24 Å². The monoisotopic (exact) mass is 251 g/mol. The lowest BCUT2D eigenvalue weighted by atomic mass is 9.89. The van der Waals surface area contributed by atoms with Gasteiger partial charge in [-0.05, 0) is 62.5 Å². The zero-order valence-electron chi connectivity index (χ0n) is 10.7. The number of nitrogens with zero attached hydrogens (tertiary/aromatic N) is 1. The second kappa shape index (κ2) is 6.42. The smallest absolute Gasteiger partial charge is 0.0406 e. The minimum atomic E-state index is 0.741. The summed E-state index contributed by atoms with van der Waals surface area (Å²) >= 11 is 5.92. The maximum absolute atomic E-state index is 5.92. The molecule has 1 heterocycles. The van der Waals surface area contributed by atoms with Crippen molar-refractivity contribution < 1.29 is 0 Å². The van der Waals surface area contributed by atoms with E-state index in [1.165, 1.54) is 50.9 Å². The zero-order chi connectivity index (χ0) is 12.1. The van der Waals surface area contributed by atoms with E-state index < -0.39 is 0 Å². The van der Waals surface area contributed by atoms with Crippen molar-refractivity contribution in [2.24, 2.45) is 0 Å². The van der Waals surface area contributed by atoms with E-state index in [4.69, 9.17) is 11.6 Å². The Labute approximate surface area is 110 Å². The van der Waals surface area contributed by atoms with Gasteiger partial charge in [0.2, 0.25) is 0 Å². The van der Waals surface area contributed by atoms with E-state index in [1.807, 2.05) is 12.1 Å². The first kappa shape index (κ1) is 12.9. The van der Waals surface area contributed by atoms with Gasteiger partial charge in [-0.25, -0.2) is 0 Å². The van der Waals surface area contributed by atoms with Crippen LogP contribution < -0.4 is 0 Å². The fourth-order valence-corrected chi connectivity index (χ4v) is 2.73. The Morgan fingerprint density at radius 3 is 2.41 bits per heavy atom. The summed E-state index contributed by atoms with van der Waals surface area (Å²) in [5, 5.41) is 0.842. The van der Waals surface area contributed by atoms with Gasteiger partial charge in [-0.2, -0.15) is 0 Å². The summed E-state index contributed by atoms with van der Waals surface area (Å²) in [5.41, 5.74) is 1.46. The van der Waals surface area contributed by atoms with Gasteiger partial charge in [-0.3, -0.25) is 0 Å². The molecular weight excluding hydrogens is 230 g/mol. The Kier molecular flexibility index (Phi) is 4.87. The Bertz CT molecular complexity index is 325. The van der Waals surface area contributed by atoms with E-state index in [0.717, 1.165) is 10.9 Å². The molecule has 0 saturated carbocycles. The molecule has 0 bridgehead atoms. The number of piperidine rings is 1. The molecule has 0 aromatic heterocycles. The summed E-state index contributed by atoms with van der Waals surface area (Å²) < 4.78 is 0. The fourth-order valence-electron chi connectivity index (χ4n) is 2.61. The van der Waals surface area contributed by atoms with Crippen LogP contribution in [0.3, 0.4) is 0 Å². The molecule has 1 nitrogen and oxygen atoms in total. The molecule has 0 spiro atoms. The third kappa shape index (κ3) is 3.72. The van der Waals surface area contributed by atoms with Crippen molar-refractivity contribution in [2.75, 3.05) is 19.6 Å². The number of likely N-dealkylation sites (tertiary alicyclic amines) is 1. The Balaban J connectivity index is 1.84. The molecule has 0 radical (unpaired) electrons. The van der Waals surface area contributed by atoms with Crippen molar-refractivity contribution >= 4 is 11.6 Å². The quantitative estimate of drug-likeness (QED) is 0.770. The van der Waals surface area contributed by atoms with Crippen LogP contribution in [0.4, 0.5) is 0 Å². The summed E-state index contributed by atoms with van der Waals surface area (Å²) in [6.45, 7) is 6.06. The minimum Gasteiger partial charge on any atom is -0.303 e. The van der Waals surface area contributed by atoms with Gasteiger partial charge in [-0.15, -0.1) is 0 Å². The maximum atomic E-state index is 5.92. The predicted molar refractivity (Wildman–Crippen MR) is 74.8 cm³/mol. The highest BCUT2D eigenvalue weighted by molar-refractivity contribution is 6.30. The standard InChI is InChI=1S/C15H22ClN/c1-2-3-10-17-11-8-14(9-12-17)13-4-6-15(16)7-5-13/h4-7,14H,2-3,8-12H2,1H3. The van der Waals surface area contributed by atoms with Crippen LogP contribution in [0, 0.1) is 0 Å². The molecule has 0 aliphatic carbocycles. The van der Waals surface area contributed by atoms with Crippen LogP contribution >= 0.6 is 11.6 Å². The third-order valence-electron chi connectivity index (χ3n) is 3.76. The van der Waals surface area contributed by atoms with E-state index >= 15 is 0 Å². The summed E-state index contributed by atoms with van der Waals surface area (Å²) in [6, 6.07) is 8.41. The summed E-state index contributed by atoms with van der Waals surface area (Å²) in [7, 11) is 0. The third-order valence-corrected chi connectivity index (χ3v) is 4.01. The van der Waals surface area contributed by atoms with E-state index in [9.17, 15) is 0 Å². The van der Waals surface area contributed by atoms with Crippen molar-refractivity contribution in [1.29, 1.82) is 0 Å². The van der Waals surface area contributed by atoms with Crippen molar-refractivity contribution in [1.82, 2.24) is 4.90 Å². The van der Waals surface area contributed by atoms with Crippen molar-refractivity contribution in [2.45, 2.75) is 38.5 Å². The second-order valence-electron chi connectivity index (χ2n) is 5.02. The average Bonchev–Trinajstić information content (AvgIpc) is 2.38. The maximum Gasteiger partial charge on any atom is 0.0406 e. The molecule has 1 fully saturated rings. The van der Waals surface area contributed by atoms with Crippen molar-refractivity contribution in [3.05, 3.63) is 34.9 Å². The first-order valence-corrected chi connectivity index (χ1v) is 7.15. The van der Waals surface area contributed by atoms with Crippen LogP contribution in [0.25, 0.3) is 0 Å². The average molecular weight is 252 g/mol. The number of hydrogen-bond donors (Lipinski definition) is 0. The molecule has 1 aliphatic rings. The van der Waals surface area contributed by atoms with Gasteiger partial charge < -0.3 is 4.90 Å². The van der Waals surface area contributed by atoms with Gasteiger partial charge in [0.25, 0.3) is 0 Å². The minimum absolute atomic E-state index is 0.741. The normalized spacial score (nSPS) is 18.5. The lowest BCUT2D eigenvalue weighted by molar-refractivity contribution is 0.209. The molecule has 2 rings (SSSR count). The van der Waals surface area contributed by atoms with Crippen LogP contribution in [-0.4, -0.2) is 24.5 Å². The van der Waals surface area contributed by atoms with Gasteiger partial charge >= 0.3 is 0 Å². The molecule has 0 unspecified atom stereocenters. The molecule has 2 heteroatoms. The number of unbranched alkanes of at least 4 members (excludes halogenated alkanes) is 1. The molecule has 1 aromatic carbocycles. The molecular formula is C15H22ClN. The molecule has 17 heavy (non-hydrogen) atoms. The molecule has 94 valence electrons. The number of benzene rings is 1. The first-order valence-electron chi connectivity index (χ1n) is 6.77. The van der Waals surface area contributed by atoms with Gasteiger partial charge in [0, 0.05) is 5.02 Å². The van der Waals surface area contributed by atoms with E-state index in [2.05, 4.69) is 24.0 Å². The Morgan fingerprint density at radius 1 is 1.18 bits per heavy atom. The SMILES string of the molecule is CCCCN1CCC(c2ccc(Cl)cc2)CC1. The molecule has 1 aliphatic heterocycles. The fraction of sp³-hybridized carbons (Fsp3) is 0.600. The van der Waals surface area contributed by atoms with E-state index in [-0.39, 0.29) is 0 Å². The molecule has 0 N–H and O–H groups in total. The number of rotatable bonds is 4. The van der Waals surface area contributed by atoms with Gasteiger partial charge in [0.15, 0.2) is 0 Å². The highest BCUT2D eigenvalue weighted by Gasteiger charge is 2.19.